The van der Waals surface area contributed by atoms with Crippen molar-refractivity contribution < 1.29 is 9.53 Å². The zero-order valence-electron chi connectivity index (χ0n) is 13.1. The van der Waals surface area contributed by atoms with Crippen molar-refractivity contribution in [2.24, 2.45) is 0 Å². The van der Waals surface area contributed by atoms with Crippen molar-refractivity contribution in [1.82, 2.24) is 24.3 Å². The number of ketones is 1. The number of rotatable bonds is 2. The minimum absolute atomic E-state index is 0.0588. The van der Waals surface area contributed by atoms with Crippen LogP contribution in [0.1, 0.15) is 32.1 Å². The molecule has 0 radical (unpaired) electrons. The maximum Gasteiger partial charge on any atom is 0.178 e. The molecule has 118 valence electrons. The van der Waals surface area contributed by atoms with E-state index in [4.69, 9.17) is 9.72 Å². The van der Waals surface area contributed by atoms with Crippen molar-refractivity contribution in [3.63, 3.8) is 0 Å². The second-order valence-electron chi connectivity index (χ2n) is 5.93. The molecule has 0 amide bonds. The second-order valence-corrected chi connectivity index (χ2v) is 5.93. The summed E-state index contributed by atoms with van der Waals surface area (Å²) in [6, 6.07) is 0.208. The van der Waals surface area contributed by atoms with Gasteiger partial charge in [0.05, 0.1) is 18.5 Å². The number of hydrogen-bond acceptors (Lipinski definition) is 5. The number of aromatic nitrogens is 5. The van der Waals surface area contributed by atoms with Gasteiger partial charge in [-0.3, -0.25) is 4.79 Å². The fourth-order valence-corrected chi connectivity index (χ4v) is 2.90. The van der Waals surface area contributed by atoms with Gasteiger partial charge in [0.1, 0.15) is 30.2 Å². The first-order valence-electron chi connectivity index (χ1n) is 7.68. The first-order valence-corrected chi connectivity index (χ1v) is 7.68. The number of nitrogens with zero attached hydrogens (tertiary/aromatic N) is 5. The normalized spacial score (nSPS) is 17.1. The summed E-state index contributed by atoms with van der Waals surface area (Å²) in [4.78, 5) is 20.7. The van der Waals surface area contributed by atoms with Crippen LogP contribution in [0, 0.1) is 0 Å². The van der Waals surface area contributed by atoms with E-state index in [1.807, 2.05) is 10.9 Å². The van der Waals surface area contributed by atoms with E-state index in [0.717, 1.165) is 22.9 Å². The average Bonchev–Trinajstić information content (AvgIpc) is 3.11. The Bertz CT molecular complexity index is 841. The lowest BCUT2D eigenvalue weighted by Gasteiger charge is -2.12. The highest BCUT2D eigenvalue weighted by molar-refractivity contribution is 5.98. The minimum Gasteiger partial charge on any atom is -0.495 e. The zero-order valence-corrected chi connectivity index (χ0v) is 13.1. The lowest BCUT2D eigenvalue weighted by atomic mass is 10.0. The Balaban J connectivity index is 1.82. The van der Waals surface area contributed by atoms with Crippen molar-refractivity contribution in [3.05, 3.63) is 36.3 Å². The van der Waals surface area contributed by atoms with Gasteiger partial charge >= 0.3 is 0 Å². The van der Waals surface area contributed by atoms with E-state index < -0.39 is 0 Å². The summed E-state index contributed by atoms with van der Waals surface area (Å²) in [5, 5.41) is 4.27. The van der Waals surface area contributed by atoms with E-state index >= 15 is 0 Å². The molecule has 0 N–H and O–H groups in total. The van der Waals surface area contributed by atoms with E-state index in [0.29, 0.717) is 25.3 Å². The highest BCUT2D eigenvalue weighted by Gasteiger charge is 2.25. The Morgan fingerprint density at radius 3 is 2.96 bits per heavy atom. The molecule has 1 aliphatic carbocycles. The summed E-state index contributed by atoms with van der Waals surface area (Å²) in [6.07, 6.45) is 7.20. The molecular weight excluding hydrogens is 294 g/mol. The molecule has 2 aliphatic rings. The van der Waals surface area contributed by atoms with E-state index in [-0.39, 0.29) is 11.8 Å². The topological polar surface area (TPSA) is 74.8 Å². The fraction of sp³-hybridized carbons (Fsp3) is 0.375. The van der Waals surface area contributed by atoms with Gasteiger partial charge in [0, 0.05) is 12.2 Å². The Labute approximate surface area is 133 Å². The van der Waals surface area contributed by atoms with Gasteiger partial charge < -0.3 is 9.30 Å². The van der Waals surface area contributed by atoms with Crippen LogP contribution < -0.4 is 0 Å². The van der Waals surface area contributed by atoms with Crippen LogP contribution in [0.15, 0.2) is 30.4 Å². The third-order valence-electron chi connectivity index (χ3n) is 3.99. The summed E-state index contributed by atoms with van der Waals surface area (Å²) < 4.78 is 9.63. The summed E-state index contributed by atoms with van der Waals surface area (Å²) in [7, 11) is 0. The molecule has 0 fully saturated rings. The molecule has 23 heavy (non-hydrogen) atoms. The molecule has 3 heterocycles. The number of fused-ring (bicyclic) bond motifs is 2. The van der Waals surface area contributed by atoms with Crippen molar-refractivity contribution in [2.45, 2.75) is 32.9 Å². The van der Waals surface area contributed by atoms with Gasteiger partial charge in [-0.2, -0.15) is 5.10 Å². The van der Waals surface area contributed by atoms with Gasteiger partial charge in [-0.25, -0.2) is 14.6 Å². The molecule has 4 rings (SSSR count). The predicted octanol–water partition coefficient (Wildman–Crippen LogP) is 1.99. The lowest BCUT2D eigenvalue weighted by Crippen LogP contribution is -2.07. The Morgan fingerprint density at radius 2 is 2.13 bits per heavy atom. The van der Waals surface area contributed by atoms with E-state index in [9.17, 15) is 4.79 Å². The number of carbonyl (C=O) groups is 1. The van der Waals surface area contributed by atoms with Crippen molar-refractivity contribution in [3.8, 4) is 11.5 Å². The standard InChI is InChI=1S/C16H17N5O2/c1-10(2)21-16(17-9-18-21)13-8-20-5-6-23-14-7-11(22)3-4-12(14)15(20)19-13/h3-4,8-10H,5-7H2,1-2H3. The molecule has 0 aromatic carbocycles. The molecule has 0 atom stereocenters. The summed E-state index contributed by atoms with van der Waals surface area (Å²) in [5.41, 5.74) is 1.66. The molecule has 2 aromatic heterocycles. The minimum atomic E-state index is 0.0588. The second kappa shape index (κ2) is 5.19. The van der Waals surface area contributed by atoms with E-state index in [1.165, 1.54) is 0 Å². The highest BCUT2D eigenvalue weighted by atomic mass is 16.5. The molecular formula is C16H17N5O2. The third-order valence-corrected chi connectivity index (χ3v) is 3.99. The van der Waals surface area contributed by atoms with Crippen molar-refractivity contribution >= 4 is 11.4 Å². The fourth-order valence-electron chi connectivity index (χ4n) is 2.90. The molecule has 2 aromatic rings. The molecule has 0 bridgehead atoms. The number of allylic oxidation sites excluding steroid dienone is 4. The van der Waals surface area contributed by atoms with Crippen molar-refractivity contribution in [2.75, 3.05) is 6.61 Å². The van der Waals surface area contributed by atoms with Crippen LogP contribution in [-0.2, 0) is 16.1 Å². The van der Waals surface area contributed by atoms with Gasteiger partial charge in [-0.05, 0) is 26.0 Å². The molecule has 0 saturated carbocycles. The summed E-state index contributed by atoms with van der Waals surface area (Å²) >= 11 is 0. The van der Waals surface area contributed by atoms with E-state index in [2.05, 4.69) is 28.5 Å². The summed E-state index contributed by atoms with van der Waals surface area (Å²) in [6.45, 7) is 5.33. The monoisotopic (exact) mass is 311 g/mol. The summed E-state index contributed by atoms with van der Waals surface area (Å²) in [5.74, 6) is 2.33. The van der Waals surface area contributed by atoms with E-state index in [1.54, 1.807) is 18.5 Å². The smallest absolute Gasteiger partial charge is 0.178 e. The highest BCUT2D eigenvalue weighted by Crippen LogP contribution is 2.31. The van der Waals surface area contributed by atoms with Crippen LogP contribution in [0.5, 0.6) is 0 Å². The Hall–Kier alpha value is -2.70. The maximum absolute atomic E-state index is 11.6. The molecule has 0 saturated heterocycles. The molecule has 0 spiro atoms. The first-order chi connectivity index (χ1) is 11.1. The maximum atomic E-state index is 11.6. The van der Waals surface area contributed by atoms with Gasteiger partial charge in [0.25, 0.3) is 0 Å². The molecule has 1 aliphatic heterocycles. The molecule has 0 unspecified atom stereocenters. The van der Waals surface area contributed by atoms with Gasteiger partial charge in [0.15, 0.2) is 11.6 Å². The largest absolute Gasteiger partial charge is 0.495 e. The van der Waals surface area contributed by atoms with Crippen LogP contribution in [0.2, 0.25) is 0 Å². The van der Waals surface area contributed by atoms with Gasteiger partial charge in [-0.15, -0.1) is 0 Å². The number of hydrogen-bond donors (Lipinski definition) is 0. The van der Waals surface area contributed by atoms with Gasteiger partial charge in [-0.1, -0.05) is 0 Å². The van der Waals surface area contributed by atoms with Crippen LogP contribution in [-0.4, -0.2) is 36.7 Å². The SMILES string of the molecule is CC(C)n1ncnc1-c1cn2c(n1)C1=C(CC(=O)C=C1)OCC2. The molecule has 7 nitrogen and oxygen atoms in total. The van der Waals surface area contributed by atoms with Crippen LogP contribution in [0.25, 0.3) is 17.1 Å². The van der Waals surface area contributed by atoms with Gasteiger partial charge in [0.2, 0.25) is 0 Å². The molecule has 7 heteroatoms. The zero-order chi connectivity index (χ0) is 16.0. The number of ether oxygens (including phenoxy) is 1. The average molecular weight is 311 g/mol. The van der Waals surface area contributed by atoms with Crippen LogP contribution in [0.3, 0.4) is 0 Å². The predicted molar refractivity (Wildman–Crippen MR) is 83.3 cm³/mol. The quantitative estimate of drug-likeness (QED) is 0.848. The number of imidazole rings is 1. The Morgan fingerprint density at radius 1 is 1.26 bits per heavy atom. The lowest BCUT2D eigenvalue weighted by molar-refractivity contribution is -0.114. The number of carbonyl (C=O) groups excluding carboxylic acids is 1. The van der Waals surface area contributed by atoms with Crippen LogP contribution in [0.4, 0.5) is 0 Å². The van der Waals surface area contributed by atoms with Crippen molar-refractivity contribution in [1.29, 1.82) is 0 Å². The van der Waals surface area contributed by atoms with Crippen LogP contribution >= 0.6 is 0 Å². The third kappa shape index (κ3) is 2.28. The Kier molecular flexibility index (Phi) is 3.14. The first kappa shape index (κ1) is 13.9.